The molecule has 6 heteroatoms. The summed E-state index contributed by atoms with van der Waals surface area (Å²) in [4.78, 5) is 13.9. The first kappa shape index (κ1) is 15.6. The van der Waals surface area contributed by atoms with Crippen LogP contribution < -0.4 is 4.74 Å². The van der Waals surface area contributed by atoms with Gasteiger partial charge in [0.25, 0.3) is 11.9 Å². The number of hydrogen-bond acceptors (Lipinski definition) is 5. The number of likely N-dealkylation sites (tertiary alicyclic amines) is 1. The number of aliphatic hydroxyl groups is 2. The summed E-state index contributed by atoms with van der Waals surface area (Å²) in [6.45, 7) is 0.256. The first-order valence-electron chi connectivity index (χ1n) is 7.55. The van der Waals surface area contributed by atoms with Crippen molar-refractivity contribution in [3.63, 3.8) is 0 Å². The Balaban J connectivity index is 1.69. The van der Waals surface area contributed by atoms with Gasteiger partial charge in [0.1, 0.15) is 11.4 Å². The Bertz CT molecular complexity index is 669. The van der Waals surface area contributed by atoms with E-state index in [1.54, 1.807) is 24.3 Å². The number of carbonyl (C=O) groups excluding carboxylic acids is 1. The fourth-order valence-electron chi connectivity index (χ4n) is 2.67. The van der Waals surface area contributed by atoms with E-state index in [1.807, 2.05) is 18.2 Å². The summed E-state index contributed by atoms with van der Waals surface area (Å²) in [5, 5.41) is 19.4. The van der Waals surface area contributed by atoms with E-state index in [4.69, 9.17) is 9.15 Å². The van der Waals surface area contributed by atoms with Crippen LogP contribution in [-0.2, 0) is 0 Å². The standard InChI is InChI=1S/C17H19NO5/c19-12-17(21)9-4-10-18(11-17)16(20)14-7-8-15(23-14)22-13-5-2-1-3-6-13/h1-3,5-8,19,21H,4,9-12H2. The molecular weight excluding hydrogens is 298 g/mol. The maximum atomic E-state index is 12.5. The van der Waals surface area contributed by atoms with Crippen LogP contribution in [-0.4, -0.2) is 46.3 Å². The second-order valence-electron chi connectivity index (χ2n) is 5.75. The number of furan rings is 1. The van der Waals surface area contributed by atoms with Gasteiger partial charge in [-0.05, 0) is 31.0 Å². The average molecular weight is 317 g/mol. The number of benzene rings is 1. The molecule has 1 aliphatic rings. The Morgan fingerprint density at radius 3 is 2.78 bits per heavy atom. The lowest BCUT2D eigenvalue weighted by atomic mass is 9.93. The molecular formula is C17H19NO5. The number of β-amino-alcohol motifs (C(OH)–C–C–N with tert-alkyl or cyclic N) is 1. The number of rotatable bonds is 4. The van der Waals surface area contributed by atoms with Gasteiger partial charge in [-0.1, -0.05) is 18.2 Å². The predicted octanol–water partition coefficient (Wildman–Crippen LogP) is 2.03. The highest BCUT2D eigenvalue weighted by atomic mass is 16.6. The molecule has 6 nitrogen and oxygen atoms in total. The van der Waals surface area contributed by atoms with Crippen molar-refractivity contribution in [1.29, 1.82) is 0 Å². The molecule has 0 radical (unpaired) electrons. The maximum absolute atomic E-state index is 12.5. The minimum absolute atomic E-state index is 0.0951. The largest absolute Gasteiger partial charge is 0.426 e. The lowest BCUT2D eigenvalue weighted by molar-refractivity contribution is -0.0603. The smallest absolute Gasteiger partial charge is 0.290 e. The van der Waals surface area contributed by atoms with E-state index in [1.165, 1.54) is 4.90 Å². The topological polar surface area (TPSA) is 83.1 Å². The Morgan fingerprint density at radius 1 is 1.26 bits per heavy atom. The van der Waals surface area contributed by atoms with Crippen molar-refractivity contribution < 1.29 is 24.2 Å². The number of para-hydroxylation sites is 1. The van der Waals surface area contributed by atoms with E-state index in [2.05, 4.69) is 0 Å². The zero-order valence-electron chi connectivity index (χ0n) is 12.6. The van der Waals surface area contributed by atoms with Gasteiger partial charge in [-0.2, -0.15) is 0 Å². The number of hydrogen-bond donors (Lipinski definition) is 2. The summed E-state index contributed by atoms with van der Waals surface area (Å²) in [6.07, 6.45) is 1.12. The molecule has 23 heavy (non-hydrogen) atoms. The molecule has 1 saturated heterocycles. The second-order valence-corrected chi connectivity index (χ2v) is 5.75. The van der Waals surface area contributed by atoms with Crippen molar-refractivity contribution in [2.45, 2.75) is 18.4 Å². The molecule has 1 amide bonds. The van der Waals surface area contributed by atoms with Crippen LogP contribution in [0.5, 0.6) is 11.7 Å². The lowest BCUT2D eigenvalue weighted by Crippen LogP contribution is -2.52. The van der Waals surface area contributed by atoms with Gasteiger partial charge in [0, 0.05) is 12.6 Å². The molecule has 1 fully saturated rings. The summed E-state index contributed by atoms with van der Waals surface area (Å²) >= 11 is 0. The SMILES string of the molecule is O=C(c1ccc(Oc2ccccc2)o1)N1CCCC(O)(CO)C1. The Hall–Kier alpha value is -2.31. The molecule has 3 rings (SSSR count). The Labute approximate surface area is 133 Å². The number of nitrogens with zero attached hydrogens (tertiary/aromatic N) is 1. The van der Waals surface area contributed by atoms with E-state index in [9.17, 15) is 15.0 Å². The molecule has 0 saturated carbocycles. The van der Waals surface area contributed by atoms with Crippen molar-refractivity contribution in [3.05, 3.63) is 48.2 Å². The van der Waals surface area contributed by atoms with Gasteiger partial charge >= 0.3 is 0 Å². The molecule has 2 aromatic rings. The zero-order chi connectivity index (χ0) is 16.3. The van der Waals surface area contributed by atoms with Crippen LogP contribution in [0.4, 0.5) is 0 Å². The third-order valence-corrected chi connectivity index (χ3v) is 3.89. The summed E-state index contributed by atoms with van der Waals surface area (Å²) in [7, 11) is 0. The van der Waals surface area contributed by atoms with Gasteiger partial charge in [-0.15, -0.1) is 0 Å². The highest BCUT2D eigenvalue weighted by Gasteiger charge is 2.35. The molecule has 1 aliphatic heterocycles. The van der Waals surface area contributed by atoms with Crippen LogP contribution in [0, 0.1) is 0 Å². The average Bonchev–Trinajstić information content (AvgIpc) is 3.03. The van der Waals surface area contributed by atoms with Crippen molar-refractivity contribution in [3.8, 4) is 11.7 Å². The third-order valence-electron chi connectivity index (χ3n) is 3.89. The fraction of sp³-hybridized carbons (Fsp3) is 0.353. The van der Waals surface area contributed by atoms with Gasteiger partial charge in [-0.25, -0.2) is 0 Å². The number of carbonyl (C=O) groups is 1. The van der Waals surface area contributed by atoms with E-state index in [-0.39, 0.29) is 30.8 Å². The van der Waals surface area contributed by atoms with Crippen LogP contribution in [0.15, 0.2) is 46.9 Å². The van der Waals surface area contributed by atoms with Gasteiger partial charge in [0.15, 0.2) is 5.76 Å². The van der Waals surface area contributed by atoms with Crippen molar-refractivity contribution in [2.75, 3.05) is 19.7 Å². The zero-order valence-corrected chi connectivity index (χ0v) is 12.6. The van der Waals surface area contributed by atoms with Crippen LogP contribution in [0.25, 0.3) is 0 Å². The van der Waals surface area contributed by atoms with Crippen LogP contribution in [0.1, 0.15) is 23.4 Å². The number of ether oxygens (including phenoxy) is 1. The first-order valence-corrected chi connectivity index (χ1v) is 7.55. The van der Waals surface area contributed by atoms with Crippen LogP contribution in [0.3, 0.4) is 0 Å². The highest BCUT2D eigenvalue weighted by Crippen LogP contribution is 2.26. The normalized spacial score (nSPS) is 21.2. The maximum Gasteiger partial charge on any atom is 0.290 e. The molecule has 1 aromatic heterocycles. The molecule has 0 aliphatic carbocycles. The summed E-state index contributed by atoms with van der Waals surface area (Å²) in [6, 6.07) is 12.3. The number of aliphatic hydroxyl groups excluding tert-OH is 1. The number of piperidine rings is 1. The van der Waals surface area contributed by atoms with Crippen molar-refractivity contribution in [2.24, 2.45) is 0 Å². The summed E-state index contributed by atoms with van der Waals surface area (Å²) in [5.41, 5.74) is -1.23. The molecule has 1 aromatic carbocycles. The highest BCUT2D eigenvalue weighted by molar-refractivity contribution is 5.91. The Morgan fingerprint density at radius 2 is 2.04 bits per heavy atom. The van der Waals surface area contributed by atoms with Gasteiger partial charge in [-0.3, -0.25) is 4.79 Å². The van der Waals surface area contributed by atoms with E-state index >= 15 is 0 Å². The summed E-state index contributed by atoms with van der Waals surface area (Å²) < 4.78 is 11.0. The van der Waals surface area contributed by atoms with Gasteiger partial charge in [0.05, 0.1) is 13.2 Å². The Kier molecular flexibility index (Phi) is 4.36. The molecule has 122 valence electrons. The quantitative estimate of drug-likeness (QED) is 0.901. The third kappa shape index (κ3) is 3.55. The monoisotopic (exact) mass is 317 g/mol. The molecule has 2 N–H and O–H groups in total. The minimum Gasteiger partial charge on any atom is -0.426 e. The fourth-order valence-corrected chi connectivity index (χ4v) is 2.67. The van der Waals surface area contributed by atoms with Crippen LogP contribution in [0.2, 0.25) is 0 Å². The molecule has 1 unspecified atom stereocenters. The molecule has 2 heterocycles. The number of amides is 1. The molecule has 0 bridgehead atoms. The minimum atomic E-state index is -1.23. The van der Waals surface area contributed by atoms with E-state index in [0.29, 0.717) is 25.1 Å². The molecule has 1 atom stereocenters. The predicted molar refractivity (Wildman–Crippen MR) is 82.4 cm³/mol. The molecule has 0 spiro atoms. The lowest BCUT2D eigenvalue weighted by Gasteiger charge is -2.37. The first-order chi connectivity index (χ1) is 11.1. The van der Waals surface area contributed by atoms with Gasteiger partial charge in [0.2, 0.25) is 0 Å². The van der Waals surface area contributed by atoms with Crippen molar-refractivity contribution >= 4 is 5.91 Å². The van der Waals surface area contributed by atoms with E-state index in [0.717, 1.165) is 0 Å². The van der Waals surface area contributed by atoms with Crippen LogP contribution >= 0.6 is 0 Å². The second kappa shape index (κ2) is 6.44. The van der Waals surface area contributed by atoms with Crippen molar-refractivity contribution in [1.82, 2.24) is 4.90 Å². The van der Waals surface area contributed by atoms with E-state index < -0.39 is 5.60 Å². The summed E-state index contributed by atoms with van der Waals surface area (Å²) in [5.74, 6) is 0.681. The van der Waals surface area contributed by atoms with Gasteiger partial charge < -0.3 is 24.3 Å².